The Bertz CT molecular complexity index is 1260. The van der Waals surface area contributed by atoms with Crippen LogP contribution in [0.4, 0.5) is 14.7 Å². The highest BCUT2D eigenvalue weighted by molar-refractivity contribution is 5.81. The first-order valence-electron chi connectivity index (χ1n) is 12.7. The van der Waals surface area contributed by atoms with E-state index in [1.54, 1.807) is 22.9 Å². The number of anilines is 1. The molecule has 1 fully saturated rings. The van der Waals surface area contributed by atoms with Crippen molar-refractivity contribution < 1.29 is 13.6 Å². The number of nitrogens with one attached hydrogen (secondary N) is 1. The standard InChI is InChI=1S/C27H33F2N7O/c1-17-12-18-13-30-27(31-14-19-8-11-35(3)33-19)32-24(18)16-36(17)26(37)22-9-10-34(2)15-23(22)20-6-4-5-7-21(20)25(28)29/h4-8,11,13,17,22-23,25H,9-10,12,14-16H2,1-3H3,(H,30,31,32)/t17-,22+,23-/m1/s1. The normalized spacial score (nSPS) is 22.2. The summed E-state index contributed by atoms with van der Waals surface area (Å²) < 4.78 is 29.5. The first-order valence-corrected chi connectivity index (χ1v) is 12.7. The number of fused-ring (bicyclic) bond motifs is 1. The Labute approximate surface area is 215 Å². The number of nitrogens with zero attached hydrogens (tertiary/aromatic N) is 6. The van der Waals surface area contributed by atoms with Gasteiger partial charge in [0, 0.05) is 49.4 Å². The maximum atomic E-state index is 14.0. The third kappa shape index (κ3) is 5.34. The molecule has 3 aromatic rings. The number of alkyl halides is 2. The second-order valence-electron chi connectivity index (χ2n) is 10.2. The minimum absolute atomic E-state index is 0.0157. The summed E-state index contributed by atoms with van der Waals surface area (Å²) in [5.41, 5.74) is 3.33. The Morgan fingerprint density at radius 1 is 1.22 bits per heavy atom. The Kier molecular flexibility index (Phi) is 7.19. The summed E-state index contributed by atoms with van der Waals surface area (Å²) in [5, 5.41) is 7.58. The molecule has 1 aromatic carbocycles. The molecule has 2 aromatic heterocycles. The van der Waals surface area contributed by atoms with Gasteiger partial charge in [0.1, 0.15) is 0 Å². The van der Waals surface area contributed by atoms with Crippen LogP contribution in [-0.4, -0.2) is 61.6 Å². The summed E-state index contributed by atoms with van der Waals surface area (Å²) in [5.74, 6) is -0.133. The molecule has 0 radical (unpaired) electrons. The summed E-state index contributed by atoms with van der Waals surface area (Å²) in [6.45, 7) is 4.24. The van der Waals surface area contributed by atoms with Gasteiger partial charge in [-0.3, -0.25) is 9.48 Å². The summed E-state index contributed by atoms with van der Waals surface area (Å²) in [6, 6.07) is 8.56. The van der Waals surface area contributed by atoms with E-state index in [-0.39, 0.29) is 29.3 Å². The lowest BCUT2D eigenvalue weighted by Gasteiger charge is -2.42. The number of carbonyl (C=O) groups is 1. The lowest BCUT2D eigenvalue weighted by Crippen LogP contribution is -2.50. The number of aromatic nitrogens is 4. The fourth-order valence-electron chi connectivity index (χ4n) is 5.59. The molecule has 8 nitrogen and oxygen atoms in total. The summed E-state index contributed by atoms with van der Waals surface area (Å²) in [4.78, 5) is 27.2. The molecule has 0 bridgehead atoms. The molecular formula is C27H33F2N7O. The van der Waals surface area contributed by atoms with Crippen LogP contribution in [0.3, 0.4) is 0 Å². The van der Waals surface area contributed by atoms with Crippen molar-refractivity contribution in [3.63, 3.8) is 0 Å². The molecule has 10 heteroatoms. The Hall–Kier alpha value is -3.40. The van der Waals surface area contributed by atoms with Gasteiger partial charge in [0.15, 0.2) is 0 Å². The zero-order valence-corrected chi connectivity index (χ0v) is 21.4. The van der Waals surface area contributed by atoms with Gasteiger partial charge in [-0.25, -0.2) is 18.7 Å². The van der Waals surface area contributed by atoms with Crippen LogP contribution in [0.5, 0.6) is 0 Å². The summed E-state index contributed by atoms with van der Waals surface area (Å²) in [6.07, 6.45) is 2.43. The van der Waals surface area contributed by atoms with Gasteiger partial charge >= 0.3 is 0 Å². The molecule has 1 saturated heterocycles. The van der Waals surface area contributed by atoms with Crippen molar-refractivity contribution >= 4 is 11.9 Å². The van der Waals surface area contributed by atoms with Crippen molar-refractivity contribution in [3.05, 3.63) is 70.8 Å². The number of hydrogen-bond donors (Lipinski definition) is 1. The van der Waals surface area contributed by atoms with Crippen LogP contribution in [0.25, 0.3) is 0 Å². The highest BCUT2D eigenvalue weighted by atomic mass is 19.3. The molecule has 1 N–H and O–H groups in total. The molecule has 4 heterocycles. The number of piperidine rings is 1. The molecule has 0 aliphatic carbocycles. The largest absolute Gasteiger partial charge is 0.348 e. The molecule has 2 aliphatic heterocycles. The molecule has 196 valence electrons. The number of aryl methyl sites for hydroxylation is 1. The van der Waals surface area contributed by atoms with Crippen molar-refractivity contribution in [2.24, 2.45) is 13.0 Å². The third-order valence-electron chi connectivity index (χ3n) is 7.56. The van der Waals surface area contributed by atoms with E-state index in [4.69, 9.17) is 4.98 Å². The second-order valence-corrected chi connectivity index (χ2v) is 10.2. The van der Waals surface area contributed by atoms with E-state index in [2.05, 4.69) is 20.3 Å². The summed E-state index contributed by atoms with van der Waals surface area (Å²) >= 11 is 0. The maximum absolute atomic E-state index is 14.0. The number of likely N-dealkylation sites (tertiary alicyclic amines) is 1. The molecule has 1 amide bonds. The van der Waals surface area contributed by atoms with Crippen LogP contribution in [0.2, 0.25) is 0 Å². The SMILES string of the molecule is C[C@@H]1Cc2cnc(NCc3ccn(C)n3)nc2CN1C(=O)[C@H]1CCN(C)C[C@@H]1c1ccccc1C(F)F. The first kappa shape index (κ1) is 25.3. The van der Waals surface area contributed by atoms with Crippen LogP contribution in [0.15, 0.2) is 42.7 Å². The average molecular weight is 510 g/mol. The van der Waals surface area contributed by atoms with Crippen LogP contribution in [0, 0.1) is 5.92 Å². The number of likely N-dealkylation sites (N-methyl/N-ethyl adjacent to an activating group) is 1. The van der Waals surface area contributed by atoms with Crippen LogP contribution in [-0.2, 0) is 31.4 Å². The fraction of sp³-hybridized carbons (Fsp3) is 0.481. The van der Waals surface area contributed by atoms with E-state index in [1.807, 2.05) is 44.4 Å². The van der Waals surface area contributed by atoms with E-state index >= 15 is 0 Å². The van der Waals surface area contributed by atoms with Crippen LogP contribution >= 0.6 is 0 Å². The molecule has 2 aliphatic rings. The number of hydrogen-bond acceptors (Lipinski definition) is 6. The average Bonchev–Trinajstić information content (AvgIpc) is 3.31. The zero-order chi connectivity index (χ0) is 26.1. The molecule has 0 spiro atoms. The van der Waals surface area contributed by atoms with Crippen molar-refractivity contribution in [3.8, 4) is 0 Å². The number of carbonyl (C=O) groups excluding carboxylic acids is 1. The Balaban J connectivity index is 1.36. The molecule has 0 unspecified atom stereocenters. The monoisotopic (exact) mass is 509 g/mol. The highest BCUT2D eigenvalue weighted by Crippen LogP contribution is 2.39. The van der Waals surface area contributed by atoms with Gasteiger partial charge in [0.05, 0.1) is 24.5 Å². The van der Waals surface area contributed by atoms with E-state index in [1.165, 1.54) is 6.07 Å². The number of benzene rings is 1. The van der Waals surface area contributed by atoms with Gasteiger partial charge in [-0.15, -0.1) is 0 Å². The molecule has 3 atom stereocenters. The minimum Gasteiger partial charge on any atom is -0.348 e. The van der Waals surface area contributed by atoms with Gasteiger partial charge in [-0.2, -0.15) is 5.10 Å². The van der Waals surface area contributed by atoms with Gasteiger partial charge in [0.25, 0.3) is 6.43 Å². The van der Waals surface area contributed by atoms with Crippen LogP contribution in [0.1, 0.15) is 53.8 Å². The fourth-order valence-corrected chi connectivity index (χ4v) is 5.59. The Morgan fingerprint density at radius 3 is 2.78 bits per heavy atom. The van der Waals surface area contributed by atoms with Crippen molar-refractivity contribution in [1.82, 2.24) is 29.5 Å². The second kappa shape index (κ2) is 10.5. The third-order valence-corrected chi connectivity index (χ3v) is 7.56. The quantitative estimate of drug-likeness (QED) is 0.545. The van der Waals surface area contributed by atoms with Gasteiger partial charge in [0.2, 0.25) is 11.9 Å². The molecule has 0 saturated carbocycles. The van der Waals surface area contributed by atoms with Gasteiger partial charge in [-0.05, 0) is 50.6 Å². The summed E-state index contributed by atoms with van der Waals surface area (Å²) in [7, 11) is 3.85. The Morgan fingerprint density at radius 2 is 2.03 bits per heavy atom. The minimum atomic E-state index is -2.58. The highest BCUT2D eigenvalue weighted by Gasteiger charge is 2.40. The maximum Gasteiger partial charge on any atom is 0.264 e. The van der Waals surface area contributed by atoms with Crippen molar-refractivity contribution in [1.29, 1.82) is 0 Å². The van der Waals surface area contributed by atoms with E-state index in [0.29, 0.717) is 44.0 Å². The van der Waals surface area contributed by atoms with Crippen molar-refractivity contribution in [2.45, 2.75) is 51.2 Å². The van der Waals surface area contributed by atoms with Gasteiger partial charge in [-0.1, -0.05) is 24.3 Å². The smallest absolute Gasteiger partial charge is 0.264 e. The number of amides is 1. The molecule has 37 heavy (non-hydrogen) atoms. The lowest BCUT2D eigenvalue weighted by atomic mass is 9.77. The zero-order valence-electron chi connectivity index (χ0n) is 21.4. The predicted octanol–water partition coefficient (Wildman–Crippen LogP) is 3.77. The van der Waals surface area contributed by atoms with Gasteiger partial charge < -0.3 is 15.1 Å². The van der Waals surface area contributed by atoms with Crippen LogP contribution < -0.4 is 5.32 Å². The number of rotatable bonds is 6. The molecular weight excluding hydrogens is 476 g/mol. The first-order chi connectivity index (χ1) is 17.8. The predicted molar refractivity (Wildman–Crippen MR) is 136 cm³/mol. The van der Waals surface area contributed by atoms with E-state index in [9.17, 15) is 13.6 Å². The number of halogens is 2. The topological polar surface area (TPSA) is 79.2 Å². The van der Waals surface area contributed by atoms with E-state index in [0.717, 1.165) is 23.5 Å². The van der Waals surface area contributed by atoms with E-state index < -0.39 is 6.43 Å². The van der Waals surface area contributed by atoms with Crippen molar-refractivity contribution in [2.75, 3.05) is 25.5 Å². The lowest BCUT2D eigenvalue weighted by molar-refractivity contribution is -0.141. The molecule has 5 rings (SSSR count).